The minimum Gasteiger partial charge on any atom is -0.497 e. The summed E-state index contributed by atoms with van der Waals surface area (Å²) < 4.78 is 7.14. The van der Waals surface area contributed by atoms with Gasteiger partial charge in [0.05, 0.1) is 19.3 Å². The zero-order valence-corrected chi connectivity index (χ0v) is 11.4. The summed E-state index contributed by atoms with van der Waals surface area (Å²) in [6.07, 6.45) is 4.58. The number of methoxy groups -OCH3 is 1. The molecule has 0 fully saturated rings. The first kappa shape index (κ1) is 13.1. The van der Waals surface area contributed by atoms with Crippen LogP contribution < -0.4 is 4.74 Å². The van der Waals surface area contributed by atoms with Gasteiger partial charge in [-0.1, -0.05) is 0 Å². The lowest BCUT2D eigenvalue weighted by Crippen LogP contribution is -2.09. The number of rotatable bonds is 4. The van der Waals surface area contributed by atoms with Crippen molar-refractivity contribution in [3.05, 3.63) is 54.2 Å². The van der Waals surface area contributed by atoms with Crippen molar-refractivity contribution in [1.29, 1.82) is 0 Å². The Balaban J connectivity index is 2.01. The van der Waals surface area contributed by atoms with E-state index in [1.165, 1.54) is 12.5 Å². The normalized spacial score (nSPS) is 10.7. The molecule has 6 nitrogen and oxygen atoms in total. The number of carboxylic acid groups (broad SMARTS) is 1. The van der Waals surface area contributed by atoms with E-state index in [4.69, 9.17) is 4.74 Å². The Morgan fingerprint density at radius 2 is 2.24 bits per heavy atom. The first-order chi connectivity index (χ1) is 10.2. The number of aromatic carboxylic acids is 1. The van der Waals surface area contributed by atoms with Gasteiger partial charge in [-0.25, -0.2) is 14.8 Å². The fraction of sp³-hybridized carbons (Fsp3) is 0.133. The molecule has 0 radical (unpaired) electrons. The molecular weight excluding hydrogens is 270 g/mol. The van der Waals surface area contributed by atoms with Crippen molar-refractivity contribution in [3.8, 4) is 5.75 Å². The van der Waals surface area contributed by atoms with Crippen LogP contribution in [-0.2, 0) is 6.54 Å². The van der Waals surface area contributed by atoms with Crippen molar-refractivity contribution in [2.45, 2.75) is 6.54 Å². The highest BCUT2D eigenvalue weighted by Gasteiger charge is 2.12. The second-order valence-corrected chi connectivity index (χ2v) is 4.56. The Kier molecular flexibility index (Phi) is 3.27. The third-order valence-corrected chi connectivity index (χ3v) is 3.32. The van der Waals surface area contributed by atoms with Crippen LogP contribution in [0.25, 0.3) is 10.9 Å². The van der Waals surface area contributed by atoms with Crippen LogP contribution in [0, 0.1) is 0 Å². The van der Waals surface area contributed by atoms with Gasteiger partial charge in [-0.3, -0.25) is 0 Å². The quantitative estimate of drug-likeness (QED) is 0.794. The molecule has 0 aliphatic rings. The molecule has 1 N–H and O–H groups in total. The molecule has 0 atom stereocenters. The van der Waals surface area contributed by atoms with Crippen LogP contribution in [0.3, 0.4) is 0 Å². The van der Waals surface area contributed by atoms with Crippen LogP contribution in [0.15, 0.2) is 43.0 Å². The van der Waals surface area contributed by atoms with Gasteiger partial charge in [-0.15, -0.1) is 0 Å². The first-order valence-corrected chi connectivity index (χ1v) is 6.34. The molecular formula is C15H13N3O3. The van der Waals surface area contributed by atoms with Gasteiger partial charge in [0, 0.05) is 23.3 Å². The second-order valence-electron chi connectivity index (χ2n) is 4.56. The Labute approximate surface area is 120 Å². The SMILES string of the molecule is COc1ccc2c(ccn2Cc2ncncc2C(=O)O)c1. The van der Waals surface area contributed by atoms with Gasteiger partial charge in [0.15, 0.2) is 0 Å². The molecule has 0 bridgehead atoms. The molecule has 1 aromatic carbocycles. The van der Waals surface area contributed by atoms with E-state index in [1.807, 2.05) is 35.0 Å². The van der Waals surface area contributed by atoms with Crippen LogP contribution in [0.5, 0.6) is 5.75 Å². The van der Waals surface area contributed by atoms with Gasteiger partial charge in [-0.2, -0.15) is 0 Å². The van der Waals surface area contributed by atoms with Gasteiger partial charge in [0.2, 0.25) is 0 Å². The lowest BCUT2D eigenvalue weighted by atomic mass is 10.2. The molecule has 2 heterocycles. The van der Waals surface area contributed by atoms with Crippen molar-refractivity contribution in [2.24, 2.45) is 0 Å². The number of nitrogens with zero attached hydrogens (tertiary/aromatic N) is 3. The largest absolute Gasteiger partial charge is 0.497 e. The minimum absolute atomic E-state index is 0.118. The number of hydrogen-bond acceptors (Lipinski definition) is 4. The number of aromatic nitrogens is 3. The minimum atomic E-state index is -1.02. The standard InChI is InChI=1S/C15H13N3O3/c1-21-11-2-3-14-10(6-11)4-5-18(14)8-13-12(15(19)20)7-16-9-17-13/h2-7,9H,8H2,1H3,(H,19,20). The number of benzene rings is 1. The Morgan fingerprint density at radius 1 is 1.38 bits per heavy atom. The average molecular weight is 283 g/mol. The van der Waals surface area contributed by atoms with E-state index in [1.54, 1.807) is 7.11 Å². The summed E-state index contributed by atoms with van der Waals surface area (Å²) in [4.78, 5) is 19.0. The third kappa shape index (κ3) is 2.43. The van der Waals surface area contributed by atoms with Gasteiger partial charge < -0.3 is 14.4 Å². The summed E-state index contributed by atoms with van der Waals surface area (Å²) in [6, 6.07) is 7.70. The molecule has 3 aromatic rings. The van der Waals surface area contributed by atoms with Crippen LogP contribution in [0.1, 0.15) is 16.1 Å². The Morgan fingerprint density at radius 3 is 3.00 bits per heavy atom. The number of fused-ring (bicyclic) bond motifs is 1. The van der Waals surface area contributed by atoms with Crippen LogP contribution in [0.4, 0.5) is 0 Å². The molecule has 0 saturated heterocycles. The molecule has 0 aliphatic carbocycles. The summed E-state index contributed by atoms with van der Waals surface area (Å²) in [7, 11) is 1.62. The molecule has 3 rings (SSSR count). The van der Waals surface area contributed by atoms with Gasteiger partial charge in [0.25, 0.3) is 0 Å². The molecule has 0 aliphatic heterocycles. The molecule has 0 spiro atoms. The molecule has 6 heteroatoms. The highest BCUT2D eigenvalue weighted by Crippen LogP contribution is 2.22. The maximum absolute atomic E-state index is 11.2. The van der Waals surface area contributed by atoms with Crippen LogP contribution >= 0.6 is 0 Å². The monoisotopic (exact) mass is 283 g/mol. The maximum atomic E-state index is 11.2. The Bertz CT molecular complexity index is 811. The van der Waals surface area contributed by atoms with E-state index < -0.39 is 5.97 Å². The van der Waals surface area contributed by atoms with Crippen LogP contribution in [-0.4, -0.2) is 32.7 Å². The van der Waals surface area contributed by atoms with Crippen molar-refractivity contribution >= 4 is 16.9 Å². The summed E-state index contributed by atoms with van der Waals surface area (Å²) >= 11 is 0. The van der Waals surface area contributed by atoms with E-state index in [0.29, 0.717) is 12.2 Å². The second kappa shape index (κ2) is 5.24. The number of carboxylic acids is 1. The van der Waals surface area contributed by atoms with Crippen molar-refractivity contribution < 1.29 is 14.6 Å². The lowest BCUT2D eigenvalue weighted by Gasteiger charge is -2.07. The number of hydrogen-bond donors (Lipinski definition) is 1. The highest BCUT2D eigenvalue weighted by molar-refractivity contribution is 5.88. The van der Waals surface area contributed by atoms with Crippen molar-refractivity contribution in [1.82, 2.24) is 14.5 Å². The van der Waals surface area contributed by atoms with Gasteiger partial charge >= 0.3 is 5.97 Å². The van der Waals surface area contributed by atoms with E-state index in [-0.39, 0.29) is 5.56 Å². The zero-order valence-electron chi connectivity index (χ0n) is 11.4. The van der Waals surface area contributed by atoms with Crippen LogP contribution in [0.2, 0.25) is 0 Å². The number of carbonyl (C=O) groups is 1. The van der Waals surface area contributed by atoms with E-state index in [2.05, 4.69) is 9.97 Å². The molecule has 2 aromatic heterocycles. The third-order valence-electron chi connectivity index (χ3n) is 3.32. The average Bonchev–Trinajstić information content (AvgIpc) is 2.90. The fourth-order valence-electron chi connectivity index (χ4n) is 2.26. The first-order valence-electron chi connectivity index (χ1n) is 6.34. The predicted octanol–water partition coefficient (Wildman–Crippen LogP) is 2.19. The highest BCUT2D eigenvalue weighted by atomic mass is 16.5. The van der Waals surface area contributed by atoms with Gasteiger partial charge in [-0.05, 0) is 24.3 Å². The number of ether oxygens (including phenoxy) is 1. The topological polar surface area (TPSA) is 77.2 Å². The lowest BCUT2D eigenvalue weighted by molar-refractivity contribution is 0.0694. The zero-order chi connectivity index (χ0) is 14.8. The van der Waals surface area contributed by atoms with E-state index >= 15 is 0 Å². The fourth-order valence-corrected chi connectivity index (χ4v) is 2.26. The van der Waals surface area contributed by atoms with E-state index in [0.717, 1.165) is 16.7 Å². The molecule has 0 unspecified atom stereocenters. The summed E-state index contributed by atoms with van der Waals surface area (Å²) in [5.41, 5.74) is 1.59. The molecule has 0 saturated carbocycles. The molecule has 0 amide bonds. The maximum Gasteiger partial charge on any atom is 0.339 e. The predicted molar refractivity (Wildman–Crippen MR) is 76.6 cm³/mol. The van der Waals surface area contributed by atoms with Gasteiger partial charge in [0.1, 0.15) is 17.6 Å². The molecule has 106 valence electrons. The molecule has 21 heavy (non-hydrogen) atoms. The summed E-state index contributed by atoms with van der Waals surface area (Å²) in [6.45, 7) is 0.375. The van der Waals surface area contributed by atoms with E-state index in [9.17, 15) is 9.90 Å². The van der Waals surface area contributed by atoms with Crippen molar-refractivity contribution in [2.75, 3.05) is 7.11 Å². The Hall–Kier alpha value is -2.89. The van der Waals surface area contributed by atoms with Crippen molar-refractivity contribution in [3.63, 3.8) is 0 Å². The summed E-state index contributed by atoms with van der Waals surface area (Å²) in [5.74, 6) is -0.239. The summed E-state index contributed by atoms with van der Waals surface area (Å²) in [5, 5.41) is 10.2. The smallest absolute Gasteiger partial charge is 0.339 e.